The van der Waals surface area contributed by atoms with Crippen LogP contribution in [-0.4, -0.2) is 55.1 Å². The zero-order valence-corrected chi connectivity index (χ0v) is 19.7. The first-order valence-corrected chi connectivity index (χ1v) is 11.0. The summed E-state index contributed by atoms with van der Waals surface area (Å²) in [6.07, 6.45) is 6.25. The Morgan fingerprint density at radius 2 is 1.91 bits per heavy atom. The highest BCUT2D eigenvalue weighted by Gasteiger charge is 2.30. The number of ether oxygens (including phenoxy) is 1. The number of amides is 1. The van der Waals surface area contributed by atoms with Crippen molar-refractivity contribution in [3.8, 4) is 11.4 Å². The van der Waals surface area contributed by atoms with Gasteiger partial charge in [0.15, 0.2) is 5.65 Å². The van der Waals surface area contributed by atoms with Gasteiger partial charge < -0.3 is 15.0 Å². The van der Waals surface area contributed by atoms with Gasteiger partial charge in [-0.2, -0.15) is 0 Å². The second-order valence-corrected chi connectivity index (χ2v) is 10.4. The molecule has 4 rings (SSSR count). The number of hydrogen-bond acceptors (Lipinski definition) is 6. The SMILES string of the molecule is CC(C)(C)OC(=O)N1CCC(Nc2cccc(-c3cnc4cnc(C(C)(C)C)cn34)n2)C1. The van der Waals surface area contributed by atoms with Gasteiger partial charge in [-0.25, -0.2) is 14.8 Å². The molecule has 0 radical (unpaired) electrons. The lowest BCUT2D eigenvalue weighted by Gasteiger charge is -2.24. The van der Waals surface area contributed by atoms with Gasteiger partial charge in [0.05, 0.1) is 29.5 Å². The predicted molar refractivity (Wildman–Crippen MR) is 125 cm³/mol. The summed E-state index contributed by atoms with van der Waals surface area (Å²) in [4.78, 5) is 28.0. The lowest BCUT2D eigenvalue weighted by Crippen LogP contribution is -2.36. The molecule has 1 amide bonds. The molecule has 3 aromatic rings. The van der Waals surface area contributed by atoms with E-state index in [0.717, 1.165) is 35.0 Å². The number of nitrogens with one attached hydrogen (secondary N) is 1. The van der Waals surface area contributed by atoms with Crippen molar-refractivity contribution in [2.75, 3.05) is 18.4 Å². The molecule has 1 aliphatic heterocycles. The minimum atomic E-state index is -0.491. The highest BCUT2D eigenvalue weighted by atomic mass is 16.6. The number of hydrogen-bond donors (Lipinski definition) is 1. The van der Waals surface area contributed by atoms with Crippen LogP contribution >= 0.6 is 0 Å². The lowest BCUT2D eigenvalue weighted by atomic mass is 9.93. The molecule has 0 saturated carbocycles. The van der Waals surface area contributed by atoms with Gasteiger partial charge in [-0.3, -0.25) is 9.38 Å². The summed E-state index contributed by atoms with van der Waals surface area (Å²) in [5.74, 6) is 0.776. The van der Waals surface area contributed by atoms with E-state index >= 15 is 0 Å². The Morgan fingerprint density at radius 1 is 1.12 bits per heavy atom. The smallest absolute Gasteiger partial charge is 0.410 e. The molecule has 1 unspecified atom stereocenters. The monoisotopic (exact) mass is 436 g/mol. The van der Waals surface area contributed by atoms with E-state index in [4.69, 9.17) is 9.72 Å². The van der Waals surface area contributed by atoms with Crippen LogP contribution in [0.4, 0.5) is 10.6 Å². The molecule has 4 heterocycles. The van der Waals surface area contributed by atoms with Crippen molar-refractivity contribution in [1.29, 1.82) is 0 Å². The van der Waals surface area contributed by atoms with E-state index in [2.05, 4.69) is 36.1 Å². The summed E-state index contributed by atoms with van der Waals surface area (Å²) in [5, 5.41) is 3.47. The lowest BCUT2D eigenvalue weighted by molar-refractivity contribution is 0.0293. The van der Waals surface area contributed by atoms with Gasteiger partial charge in [-0.05, 0) is 39.3 Å². The van der Waals surface area contributed by atoms with Crippen molar-refractivity contribution in [3.05, 3.63) is 42.5 Å². The minimum absolute atomic E-state index is 0.0605. The fraction of sp³-hybridized carbons (Fsp3) is 0.500. The third-order valence-electron chi connectivity index (χ3n) is 5.37. The van der Waals surface area contributed by atoms with Gasteiger partial charge in [-0.1, -0.05) is 26.8 Å². The van der Waals surface area contributed by atoms with Crippen LogP contribution in [0.15, 0.2) is 36.8 Å². The molecule has 1 N–H and O–H groups in total. The molecule has 8 nitrogen and oxygen atoms in total. The molecule has 8 heteroatoms. The molecule has 1 aliphatic rings. The maximum absolute atomic E-state index is 12.3. The van der Waals surface area contributed by atoms with Crippen molar-refractivity contribution < 1.29 is 9.53 Å². The Bertz CT molecular complexity index is 1130. The topological polar surface area (TPSA) is 84.6 Å². The van der Waals surface area contributed by atoms with E-state index in [1.54, 1.807) is 11.1 Å². The van der Waals surface area contributed by atoms with Gasteiger partial charge in [0.25, 0.3) is 0 Å². The van der Waals surface area contributed by atoms with Crippen molar-refractivity contribution >= 4 is 17.6 Å². The third-order valence-corrected chi connectivity index (χ3v) is 5.37. The fourth-order valence-corrected chi connectivity index (χ4v) is 3.70. The van der Waals surface area contributed by atoms with Gasteiger partial charge in [0.2, 0.25) is 0 Å². The van der Waals surface area contributed by atoms with E-state index in [0.29, 0.717) is 13.1 Å². The number of likely N-dealkylation sites (tertiary alicyclic amines) is 1. The van der Waals surface area contributed by atoms with Crippen LogP contribution in [0.3, 0.4) is 0 Å². The van der Waals surface area contributed by atoms with Crippen molar-refractivity contribution in [1.82, 2.24) is 24.3 Å². The molecule has 0 bridgehead atoms. The van der Waals surface area contributed by atoms with Crippen molar-refractivity contribution in [2.24, 2.45) is 0 Å². The van der Waals surface area contributed by atoms with Crippen LogP contribution in [0.1, 0.15) is 53.7 Å². The van der Waals surface area contributed by atoms with Crippen LogP contribution in [0.25, 0.3) is 17.0 Å². The zero-order chi connectivity index (χ0) is 23.1. The predicted octanol–water partition coefficient (Wildman–Crippen LogP) is 4.51. The number of rotatable bonds is 3. The van der Waals surface area contributed by atoms with Crippen LogP contribution in [-0.2, 0) is 10.2 Å². The highest BCUT2D eigenvalue weighted by molar-refractivity contribution is 5.69. The first-order valence-electron chi connectivity index (χ1n) is 11.0. The van der Waals surface area contributed by atoms with E-state index < -0.39 is 5.60 Å². The Balaban J connectivity index is 1.51. The number of anilines is 1. The number of nitrogens with zero attached hydrogens (tertiary/aromatic N) is 5. The molecule has 1 saturated heterocycles. The van der Waals surface area contributed by atoms with E-state index in [9.17, 15) is 4.79 Å². The molecular formula is C24H32N6O2. The summed E-state index contributed by atoms with van der Waals surface area (Å²) < 4.78 is 7.53. The molecule has 170 valence electrons. The van der Waals surface area contributed by atoms with Gasteiger partial charge >= 0.3 is 6.09 Å². The molecule has 1 atom stereocenters. The molecule has 1 fully saturated rings. The summed E-state index contributed by atoms with van der Waals surface area (Å²) >= 11 is 0. The zero-order valence-electron chi connectivity index (χ0n) is 19.7. The first kappa shape index (κ1) is 22.0. The molecular weight excluding hydrogens is 404 g/mol. The van der Waals surface area contributed by atoms with Gasteiger partial charge in [0, 0.05) is 30.7 Å². The van der Waals surface area contributed by atoms with Crippen LogP contribution in [0.5, 0.6) is 0 Å². The maximum atomic E-state index is 12.3. The summed E-state index contributed by atoms with van der Waals surface area (Å²) in [6, 6.07) is 6.04. The Morgan fingerprint density at radius 3 is 2.62 bits per heavy atom. The number of carbonyl (C=O) groups excluding carboxylic acids is 1. The van der Waals surface area contributed by atoms with E-state index in [1.165, 1.54) is 0 Å². The summed E-state index contributed by atoms with van der Waals surface area (Å²) in [7, 11) is 0. The average Bonchev–Trinajstić information content (AvgIpc) is 3.32. The van der Waals surface area contributed by atoms with E-state index in [-0.39, 0.29) is 17.6 Å². The number of carbonyl (C=O) groups is 1. The summed E-state index contributed by atoms with van der Waals surface area (Å²) in [6.45, 7) is 13.3. The van der Waals surface area contributed by atoms with E-state index in [1.807, 2.05) is 55.8 Å². The van der Waals surface area contributed by atoms with Crippen molar-refractivity contribution in [2.45, 2.75) is 65.0 Å². The number of pyridine rings is 1. The first-order chi connectivity index (χ1) is 15.0. The average molecular weight is 437 g/mol. The molecule has 32 heavy (non-hydrogen) atoms. The maximum Gasteiger partial charge on any atom is 0.410 e. The van der Waals surface area contributed by atoms with Gasteiger partial charge in [-0.15, -0.1) is 0 Å². The number of fused-ring (bicyclic) bond motifs is 1. The Hall–Kier alpha value is -3.16. The second-order valence-electron chi connectivity index (χ2n) is 10.4. The fourth-order valence-electron chi connectivity index (χ4n) is 3.70. The quantitative estimate of drug-likeness (QED) is 0.650. The molecule has 0 aromatic carbocycles. The number of aromatic nitrogens is 4. The molecule has 0 aliphatic carbocycles. The minimum Gasteiger partial charge on any atom is -0.444 e. The molecule has 0 spiro atoms. The van der Waals surface area contributed by atoms with Crippen LogP contribution < -0.4 is 5.32 Å². The van der Waals surface area contributed by atoms with Crippen molar-refractivity contribution in [3.63, 3.8) is 0 Å². The summed E-state index contributed by atoms with van der Waals surface area (Å²) in [5.41, 5.74) is 2.97. The Kier molecular flexibility index (Phi) is 5.56. The number of imidazole rings is 1. The van der Waals surface area contributed by atoms with Gasteiger partial charge in [0.1, 0.15) is 11.4 Å². The second kappa shape index (κ2) is 8.07. The third kappa shape index (κ3) is 4.84. The van der Waals surface area contributed by atoms with Crippen LogP contribution in [0.2, 0.25) is 0 Å². The Labute approximate surface area is 189 Å². The van der Waals surface area contributed by atoms with Crippen LogP contribution in [0, 0.1) is 0 Å². The standard InChI is InChI=1S/C24H32N6O2/c1-23(2,3)19-15-30-18(12-26-21(30)13-25-19)17-8-7-9-20(28-17)27-16-10-11-29(14-16)22(31)32-24(4,5)6/h7-9,12-13,15-16H,10-11,14H2,1-6H3,(H,27,28). The highest BCUT2D eigenvalue weighted by Crippen LogP contribution is 2.25. The molecule has 3 aromatic heterocycles. The normalized spacial score (nSPS) is 17.1. The largest absolute Gasteiger partial charge is 0.444 e.